The van der Waals surface area contributed by atoms with Gasteiger partial charge in [0.2, 0.25) is 5.91 Å². The molecule has 2 rings (SSSR count). The van der Waals surface area contributed by atoms with Gasteiger partial charge in [0, 0.05) is 16.4 Å². The molecule has 5 heteroatoms. The fourth-order valence-corrected chi connectivity index (χ4v) is 2.35. The maximum absolute atomic E-state index is 11.9. The maximum Gasteiger partial charge on any atom is 0.235 e. The van der Waals surface area contributed by atoms with E-state index in [-0.39, 0.29) is 11.3 Å². The van der Waals surface area contributed by atoms with Crippen LogP contribution in [-0.2, 0) is 10.2 Å². The number of thioether (sulfide) groups is 1. The fraction of sp³-hybridized carbons (Fsp3) is 0.375. The second-order valence-corrected chi connectivity index (χ2v) is 7.03. The van der Waals surface area contributed by atoms with Gasteiger partial charge < -0.3 is 9.84 Å². The van der Waals surface area contributed by atoms with Crippen LogP contribution in [0.2, 0.25) is 0 Å². The number of benzene rings is 1. The van der Waals surface area contributed by atoms with E-state index in [9.17, 15) is 4.79 Å². The number of rotatable bonds is 4. The Labute approximate surface area is 129 Å². The van der Waals surface area contributed by atoms with E-state index in [1.165, 1.54) is 17.3 Å². The van der Waals surface area contributed by atoms with Gasteiger partial charge in [-0.1, -0.05) is 43.6 Å². The molecule has 0 saturated carbocycles. The molecule has 21 heavy (non-hydrogen) atoms. The number of amides is 1. The Balaban J connectivity index is 1.87. The summed E-state index contributed by atoms with van der Waals surface area (Å²) in [6.45, 7) is 8.14. The SMILES string of the molecule is Cc1ccc(SCC(=O)Nc2cc(C(C)(C)C)on2)cc1. The Bertz CT molecular complexity index is 612. The molecule has 0 bridgehead atoms. The summed E-state index contributed by atoms with van der Waals surface area (Å²) >= 11 is 1.50. The van der Waals surface area contributed by atoms with E-state index in [1.807, 2.05) is 52.0 Å². The Hall–Kier alpha value is -1.75. The van der Waals surface area contributed by atoms with Crippen molar-refractivity contribution in [3.63, 3.8) is 0 Å². The van der Waals surface area contributed by atoms with Crippen LogP contribution in [0.1, 0.15) is 32.1 Å². The van der Waals surface area contributed by atoms with Crippen LogP contribution in [0.5, 0.6) is 0 Å². The first-order valence-corrected chi connectivity index (χ1v) is 7.80. The number of carbonyl (C=O) groups is 1. The van der Waals surface area contributed by atoms with Crippen molar-refractivity contribution in [3.8, 4) is 0 Å². The van der Waals surface area contributed by atoms with E-state index >= 15 is 0 Å². The minimum atomic E-state index is -0.118. The van der Waals surface area contributed by atoms with Gasteiger partial charge in [0.15, 0.2) is 5.82 Å². The molecule has 0 unspecified atom stereocenters. The fourth-order valence-electron chi connectivity index (χ4n) is 1.65. The van der Waals surface area contributed by atoms with Crippen molar-refractivity contribution in [1.29, 1.82) is 0 Å². The highest BCUT2D eigenvalue weighted by atomic mass is 32.2. The minimum absolute atomic E-state index is 0.0886. The van der Waals surface area contributed by atoms with E-state index in [1.54, 1.807) is 6.07 Å². The van der Waals surface area contributed by atoms with Gasteiger partial charge in [-0.15, -0.1) is 11.8 Å². The summed E-state index contributed by atoms with van der Waals surface area (Å²) in [5.74, 6) is 1.48. The zero-order chi connectivity index (χ0) is 15.5. The van der Waals surface area contributed by atoms with Crippen LogP contribution in [0.4, 0.5) is 5.82 Å². The average molecular weight is 304 g/mol. The largest absolute Gasteiger partial charge is 0.359 e. The predicted molar refractivity (Wildman–Crippen MR) is 85.7 cm³/mol. The molecule has 112 valence electrons. The van der Waals surface area contributed by atoms with E-state index in [0.717, 1.165) is 10.7 Å². The number of nitrogens with one attached hydrogen (secondary N) is 1. The van der Waals surface area contributed by atoms with E-state index in [2.05, 4.69) is 10.5 Å². The first-order valence-electron chi connectivity index (χ1n) is 6.81. The van der Waals surface area contributed by atoms with Gasteiger partial charge in [0.05, 0.1) is 5.75 Å². The van der Waals surface area contributed by atoms with Crippen LogP contribution in [0.15, 0.2) is 39.8 Å². The van der Waals surface area contributed by atoms with Crippen molar-refractivity contribution in [2.24, 2.45) is 0 Å². The van der Waals surface area contributed by atoms with Crippen LogP contribution in [-0.4, -0.2) is 16.8 Å². The number of hydrogen-bond acceptors (Lipinski definition) is 4. The Morgan fingerprint density at radius 2 is 1.95 bits per heavy atom. The molecule has 0 aliphatic rings. The van der Waals surface area contributed by atoms with Crippen molar-refractivity contribution < 1.29 is 9.32 Å². The Morgan fingerprint density at radius 1 is 1.29 bits per heavy atom. The summed E-state index contributed by atoms with van der Waals surface area (Å²) in [5, 5.41) is 6.62. The first-order chi connectivity index (χ1) is 9.84. The van der Waals surface area contributed by atoms with Crippen molar-refractivity contribution in [2.75, 3.05) is 11.1 Å². The van der Waals surface area contributed by atoms with Gasteiger partial charge in [-0.3, -0.25) is 4.79 Å². The lowest BCUT2D eigenvalue weighted by Crippen LogP contribution is -2.14. The van der Waals surface area contributed by atoms with Crippen LogP contribution in [0, 0.1) is 6.92 Å². The van der Waals surface area contributed by atoms with Gasteiger partial charge in [-0.2, -0.15) is 0 Å². The number of aryl methyl sites for hydroxylation is 1. The molecular formula is C16H20N2O2S. The molecule has 1 heterocycles. The van der Waals surface area contributed by atoms with Crippen molar-refractivity contribution in [3.05, 3.63) is 41.7 Å². The molecule has 0 spiro atoms. The summed E-state index contributed by atoms with van der Waals surface area (Å²) in [7, 11) is 0. The Morgan fingerprint density at radius 3 is 2.52 bits per heavy atom. The molecule has 1 aromatic carbocycles. The number of carbonyl (C=O) groups excluding carboxylic acids is 1. The number of hydrogen-bond donors (Lipinski definition) is 1. The van der Waals surface area contributed by atoms with Gasteiger partial charge in [0.1, 0.15) is 5.76 Å². The zero-order valence-electron chi connectivity index (χ0n) is 12.8. The number of aromatic nitrogens is 1. The molecular weight excluding hydrogens is 284 g/mol. The average Bonchev–Trinajstić information content (AvgIpc) is 2.86. The molecule has 2 aromatic rings. The second-order valence-electron chi connectivity index (χ2n) is 5.98. The zero-order valence-corrected chi connectivity index (χ0v) is 13.6. The maximum atomic E-state index is 11.9. The highest BCUT2D eigenvalue weighted by molar-refractivity contribution is 8.00. The highest BCUT2D eigenvalue weighted by Gasteiger charge is 2.20. The quantitative estimate of drug-likeness (QED) is 0.867. The lowest BCUT2D eigenvalue weighted by atomic mass is 9.93. The van der Waals surface area contributed by atoms with Crippen molar-refractivity contribution in [2.45, 2.75) is 38.0 Å². The smallest absolute Gasteiger partial charge is 0.235 e. The van der Waals surface area contributed by atoms with Crippen LogP contribution in [0.3, 0.4) is 0 Å². The summed E-state index contributed by atoms with van der Waals surface area (Å²) in [5.41, 5.74) is 1.09. The van der Waals surface area contributed by atoms with E-state index < -0.39 is 0 Å². The third kappa shape index (κ3) is 4.63. The van der Waals surface area contributed by atoms with Crippen molar-refractivity contribution >= 4 is 23.5 Å². The van der Waals surface area contributed by atoms with E-state index in [4.69, 9.17) is 4.52 Å². The molecule has 0 fully saturated rings. The summed E-state index contributed by atoms with van der Waals surface area (Å²) in [6, 6.07) is 9.87. The molecule has 4 nitrogen and oxygen atoms in total. The van der Waals surface area contributed by atoms with Gasteiger partial charge >= 0.3 is 0 Å². The molecule has 1 N–H and O–H groups in total. The number of nitrogens with zero attached hydrogens (tertiary/aromatic N) is 1. The normalized spacial score (nSPS) is 11.4. The standard InChI is InChI=1S/C16H20N2O2S/c1-11-5-7-12(8-6-11)21-10-15(19)17-14-9-13(20-18-14)16(2,3)4/h5-9H,10H2,1-4H3,(H,17,18,19). The van der Waals surface area contributed by atoms with Crippen LogP contribution < -0.4 is 5.32 Å². The number of anilines is 1. The van der Waals surface area contributed by atoms with Crippen LogP contribution in [0.25, 0.3) is 0 Å². The Kier molecular flexibility index (Phi) is 4.73. The van der Waals surface area contributed by atoms with Gasteiger partial charge in [-0.25, -0.2) is 0 Å². The first kappa shape index (κ1) is 15.6. The molecule has 0 aliphatic heterocycles. The van der Waals surface area contributed by atoms with Gasteiger partial charge in [-0.05, 0) is 19.1 Å². The third-order valence-corrected chi connectivity index (χ3v) is 3.92. The molecule has 0 saturated heterocycles. The second kappa shape index (κ2) is 6.35. The molecule has 0 atom stereocenters. The molecule has 1 aromatic heterocycles. The van der Waals surface area contributed by atoms with Gasteiger partial charge in [0.25, 0.3) is 0 Å². The topological polar surface area (TPSA) is 55.1 Å². The highest BCUT2D eigenvalue weighted by Crippen LogP contribution is 2.24. The lowest BCUT2D eigenvalue weighted by Gasteiger charge is -2.12. The molecule has 0 aliphatic carbocycles. The lowest BCUT2D eigenvalue weighted by molar-refractivity contribution is -0.113. The summed E-state index contributed by atoms with van der Waals surface area (Å²) < 4.78 is 5.23. The van der Waals surface area contributed by atoms with Crippen molar-refractivity contribution in [1.82, 2.24) is 5.16 Å². The third-order valence-electron chi connectivity index (χ3n) is 2.91. The predicted octanol–water partition coefficient (Wildman–Crippen LogP) is 4.01. The summed E-state index contributed by atoms with van der Waals surface area (Å²) in [4.78, 5) is 13.0. The summed E-state index contributed by atoms with van der Waals surface area (Å²) in [6.07, 6.45) is 0. The molecule has 1 amide bonds. The van der Waals surface area contributed by atoms with Crippen LogP contribution >= 0.6 is 11.8 Å². The molecule has 0 radical (unpaired) electrons. The van der Waals surface area contributed by atoms with E-state index in [0.29, 0.717) is 11.6 Å². The monoisotopic (exact) mass is 304 g/mol. The minimum Gasteiger partial charge on any atom is -0.359 e.